The zero-order chi connectivity index (χ0) is 17.4. The monoisotopic (exact) mass is 324 g/mol. The van der Waals surface area contributed by atoms with Crippen LogP contribution in [0.4, 0.5) is 0 Å². The summed E-state index contributed by atoms with van der Waals surface area (Å²) in [7, 11) is -0.368. The van der Waals surface area contributed by atoms with Gasteiger partial charge in [0.15, 0.2) is 0 Å². The fourth-order valence-corrected chi connectivity index (χ4v) is 2.66. The second-order valence-corrected chi connectivity index (χ2v) is 7.39. The Kier molecular flexibility index (Phi) is 4.45. The van der Waals surface area contributed by atoms with Gasteiger partial charge in [-0.3, -0.25) is 0 Å². The Labute approximate surface area is 145 Å². The quantitative estimate of drug-likeness (QED) is 0.799. The molecular weight excluding hydrogens is 299 g/mol. The molecule has 0 amide bonds. The molecule has 1 saturated heterocycles. The molecule has 0 radical (unpaired) electrons. The SMILES string of the molecule is Cc1ccc(OCc2ccccc2B2OC(C)(C)C(C)(C)O2)cc1. The first-order chi connectivity index (χ1) is 11.3. The average Bonchev–Trinajstić information content (AvgIpc) is 2.75. The summed E-state index contributed by atoms with van der Waals surface area (Å²) < 4.78 is 18.3. The van der Waals surface area contributed by atoms with E-state index in [1.54, 1.807) is 0 Å². The van der Waals surface area contributed by atoms with E-state index < -0.39 is 0 Å². The van der Waals surface area contributed by atoms with Crippen LogP contribution in [0.1, 0.15) is 38.8 Å². The van der Waals surface area contributed by atoms with E-state index >= 15 is 0 Å². The van der Waals surface area contributed by atoms with Crippen molar-refractivity contribution >= 4 is 12.6 Å². The Bertz CT molecular complexity index is 691. The van der Waals surface area contributed by atoms with Crippen molar-refractivity contribution in [3.8, 4) is 5.75 Å². The number of aryl methyl sites for hydroxylation is 1. The van der Waals surface area contributed by atoms with Crippen molar-refractivity contribution in [2.75, 3.05) is 0 Å². The van der Waals surface area contributed by atoms with Gasteiger partial charge in [0.2, 0.25) is 0 Å². The molecule has 1 heterocycles. The largest absolute Gasteiger partial charge is 0.495 e. The number of benzene rings is 2. The summed E-state index contributed by atoms with van der Waals surface area (Å²) in [6.07, 6.45) is 0. The maximum atomic E-state index is 6.18. The first-order valence-corrected chi connectivity index (χ1v) is 8.41. The van der Waals surface area contributed by atoms with Gasteiger partial charge in [0.1, 0.15) is 12.4 Å². The minimum atomic E-state index is -0.368. The van der Waals surface area contributed by atoms with Crippen LogP contribution in [0.5, 0.6) is 5.75 Å². The molecule has 0 N–H and O–H groups in total. The summed E-state index contributed by atoms with van der Waals surface area (Å²) in [4.78, 5) is 0. The first kappa shape index (κ1) is 17.1. The van der Waals surface area contributed by atoms with Crippen molar-refractivity contribution in [2.24, 2.45) is 0 Å². The molecule has 0 saturated carbocycles. The van der Waals surface area contributed by atoms with Gasteiger partial charge in [0.25, 0.3) is 0 Å². The molecule has 1 aliphatic heterocycles. The fourth-order valence-electron chi connectivity index (χ4n) is 2.66. The Morgan fingerprint density at radius 2 is 1.46 bits per heavy atom. The Morgan fingerprint density at radius 1 is 0.875 bits per heavy atom. The zero-order valence-electron chi connectivity index (χ0n) is 15.1. The summed E-state index contributed by atoms with van der Waals surface area (Å²) in [5.74, 6) is 0.865. The molecule has 126 valence electrons. The third-order valence-corrected chi connectivity index (χ3v) is 4.98. The van der Waals surface area contributed by atoms with Crippen LogP contribution in [0, 0.1) is 6.92 Å². The summed E-state index contributed by atoms with van der Waals surface area (Å²) in [6, 6.07) is 16.2. The van der Waals surface area contributed by atoms with Gasteiger partial charge < -0.3 is 14.0 Å². The van der Waals surface area contributed by atoms with Crippen molar-refractivity contribution in [3.63, 3.8) is 0 Å². The van der Waals surface area contributed by atoms with Gasteiger partial charge in [-0.1, -0.05) is 42.0 Å². The first-order valence-electron chi connectivity index (χ1n) is 8.41. The predicted molar refractivity (Wildman–Crippen MR) is 97.7 cm³/mol. The molecule has 3 nitrogen and oxygen atoms in total. The van der Waals surface area contributed by atoms with Crippen molar-refractivity contribution in [3.05, 3.63) is 59.7 Å². The highest BCUT2D eigenvalue weighted by molar-refractivity contribution is 6.62. The van der Waals surface area contributed by atoms with Crippen molar-refractivity contribution in [2.45, 2.75) is 52.4 Å². The van der Waals surface area contributed by atoms with Gasteiger partial charge in [0.05, 0.1) is 11.2 Å². The van der Waals surface area contributed by atoms with E-state index in [4.69, 9.17) is 14.0 Å². The summed E-state index contributed by atoms with van der Waals surface area (Å²) in [6.45, 7) is 10.8. The number of hydrogen-bond donors (Lipinski definition) is 0. The maximum Gasteiger partial charge on any atom is 0.495 e. The normalized spacial score (nSPS) is 18.6. The second kappa shape index (κ2) is 6.27. The molecule has 0 unspecified atom stereocenters. The molecule has 0 spiro atoms. The van der Waals surface area contributed by atoms with E-state index in [-0.39, 0.29) is 18.3 Å². The van der Waals surface area contributed by atoms with E-state index in [1.165, 1.54) is 5.56 Å². The molecule has 0 bridgehead atoms. The zero-order valence-corrected chi connectivity index (χ0v) is 15.1. The van der Waals surface area contributed by atoms with Crippen LogP contribution in [0.2, 0.25) is 0 Å². The van der Waals surface area contributed by atoms with Crippen molar-refractivity contribution in [1.29, 1.82) is 0 Å². The number of ether oxygens (including phenoxy) is 1. The molecule has 4 heteroatoms. The Hall–Kier alpha value is -1.78. The summed E-state index contributed by atoms with van der Waals surface area (Å²) in [5.41, 5.74) is 2.64. The van der Waals surface area contributed by atoms with Gasteiger partial charge >= 0.3 is 7.12 Å². The fraction of sp³-hybridized carbons (Fsp3) is 0.400. The molecule has 2 aromatic carbocycles. The molecule has 2 aromatic rings. The van der Waals surface area contributed by atoms with E-state index in [0.29, 0.717) is 6.61 Å². The van der Waals surface area contributed by atoms with Gasteiger partial charge in [-0.05, 0) is 57.8 Å². The highest BCUT2D eigenvalue weighted by Gasteiger charge is 2.52. The molecule has 24 heavy (non-hydrogen) atoms. The molecule has 0 aromatic heterocycles. The van der Waals surface area contributed by atoms with E-state index in [1.807, 2.05) is 24.3 Å². The number of hydrogen-bond acceptors (Lipinski definition) is 3. The van der Waals surface area contributed by atoms with Crippen LogP contribution in [0.25, 0.3) is 0 Å². The van der Waals surface area contributed by atoms with Crippen LogP contribution in [-0.2, 0) is 15.9 Å². The molecule has 0 atom stereocenters. The molecule has 1 aliphatic rings. The minimum Gasteiger partial charge on any atom is -0.489 e. The topological polar surface area (TPSA) is 27.7 Å². The highest BCUT2D eigenvalue weighted by atomic mass is 16.7. The third-order valence-electron chi connectivity index (χ3n) is 4.98. The second-order valence-electron chi connectivity index (χ2n) is 7.39. The van der Waals surface area contributed by atoms with Crippen LogP contribution in [0.15, 0.2) is 48.5 Å². The van der Waals surface area contributed by atoms with Gasteiger partial charge in [-0.25, -0.2) is 0 Å². The molecule has 0 aliphatic carbocycles. The van der Waals surface area contributed by atoms with Gasteiger partial charge in [0, 0.05) is 0 Å². The van der Waals surface area contributed by atoms with Crippen LogP contribution in [-0.4, -0.2) is 18.3 Å². The minimum absolute atomic E-state index is 0.345. The van der Waals surface area contributed by atoms with Crippen molar-refractivity contribution in [1.82, 2.24) is 0 Å². The van der Waals surface area contributed by atoms with Crippen LogP contribution < -0.4 is 10.2 Å². The highest BCUT2D eigenvalue weighted by Crippen LogP contribution is 2.36. The standard InChI is InChI=1S/C20H25BO3/c1-15-10-12-17(13-11-15)22-14-16-8-6-7-9-18(16)21-23-19(2,3)20(4,5)24-21/h6-13H,14H2,1-5H3. The molecule has 1 fully saturated rings. The van der Waals surface area contributed by atoms with E-state index in [9.17, 15) is 0 Å². The predicted octanol–water partition coefficient (Wildman–Crippen LogP) is 3.87. The maximum absolute atomic E-state index is 6.18. The van der Waals surface area contributed by atoms with Crippen LogP contribution >= 0.6 is 0 Å². The summed E-state index contributed by atoms with van der Waals surface area (Å²) in [5, 5.41) is 0. The Balaban J connectivity index is 1.78. The lowest BCUT2D eigenvalue weighted by Gasteiger charge is -2.32. The van der Waals surface area contributed by atoms with Gasteiger partial charge in [-0.15, -0.1) is 0 Å². The third kappa shape index (κ3) is 3.35. The lowest BCUT2D eigenvalue weighted by Crippen LogP contribution is -2.41. The Morgan fingerprint density at radius 3 is 2.08 bits per heavy atom. The average molecular weight is 324 g/mol. The molecular formula is C20H25BO3. The van der Waals surface area contributed by atoms with Crippen LogP contribution in [0.3, 0.4) is 0 Å². The smallest absolute Gasteiger partial charge is 0.489 e. The van der Waals surface area contributed by atoms with E-state index in [0.717, 1.165) is 16.8 Å². The number of rotatable bonds is 4. The lowest BCUT2D eigenvalue weighted by molar-refractivity contribution is 0.00578. The van der Waals surface area contributed by atoms with E-state index in [2.05, 4.69) is 58.9 Å². The van der Waals surface area contributed by atoms with Gasteiger partial charge in [-0.2, -0.15) is 0 Å². The van der Waals surface area contributed by atoms with Crippen molar-refractivity contribution < 1.29 is 14.0 Å². The summed E-state index contributed by atoms with van der Waals surface area (Å²) >= 11 is 0. The lowest BCUT2D eigenvalue weighted by atomic mass is 9.76. The molecule has 3 rings (SSSR count).